The number of amides is 3. The standard InChI is InChI=1S/C22H29N3O4/c1-6-10-17-15(7-2)19(16-11-8-9-12-18(16)24-17)21(27)29-14(5)20(26)25-22(28)23-13(3)4/h8-9,11-14H,6-7,10H2,1-5H3,(H2,23,25,26,28). The summed E-state index contributed by atoms with van der Waals surface area (Å²) in [4.78, 5) is 41.7. The number of para-hydroxylation sites is 1. The Bertz CT molecular complexity index is 908. The molecule has 0 spiro atoms. The quantitative estimate of drug-likeness (QED) is 0.694. The fraction of sp³-hybridized carbons (Fsp3) is 0.455. The van der Waals surface area contributed by atoms with Gasteiger partial charge in [-0.15, -0.1) is 0 Å². The molecule has 0 radical (unpaired) electrons. The van der Waals surface area contributed by atoms with Gasteiger partial charge in [0.15, 0.2) is 6.10 Å². The van der Waals surface area contributed by atoms with Crippen molar-refractivity contribution in [2.75, 3.05) is 0 Å². The van der Waals surface area contributed by atoms with Gasteiger partial charge in [0.05, 0.1) is 11.1 Å². The first-order chi connectivity index (χ1) is 13.8. The van der Waals surface area contributed by atoms with Crippen LogP contribution >= 0.6 is 0 Å². The first-order valence-electron chi connectivity index (χ1n) is 10.0. The van der Waals surface area contributed by atoms with E-state index in [1.807, 2.05) is 31.2 Å². The largest absolute Gasteiger partial charge is 0.449 e. The summed E-state index contributed by atoms with van der Waals surface area (Å²) in [7, 11) is 0. The van der Waals surface area contributed by atoms with Gasteiger partial charge in [-0.05, 0) is 45.2 Å². The van der Waals surface area contributed by atoms with Crippen molar-refractivity contribution < 1.29 is 19.1 Å². The van der Waals surface area contributed by atoms with Crippen LogP contribution in [0.3, 0.4) is 0 Å². The van der Waals surface area contributed by atoms with Gasteiger partial charge in [-0.1, -0.05) is 38.5 Å². The molecule has 2 N–H and O–H groups in total. The molecule has 0 saturated carbocycles. The normalized spacial score (nSPS) is 11.9. The Morgan fingerprint density at radius 1 is 1.10 bits per heavy atom. The molecule has 0 bridgehead atoms. The van der Waals surface area contributed by atoms with Gasteiger partial charge in [0.25, 0.3) is 5.91 Å². The van der Waals surface area contributed by atoms with Crippen molar-refractivity contribution in [2.24, 2.45) is 0 Å². The van der Waals surface area contributed by atoms with E-state index in [1.54, 1.807) is 13.8 Å². The van der Waals surface area contributed by atoms with Crippen LogP contribution in [0.4, 0.5) is 4.79 Å². The van der Waals surface area contributed by atoms with Crippen LogP contribution in [0, 0.1) is 0 Å². The van der Waals surface area contributed by atoms with E-state index < -0.39 is 24.0 Å². The van der Waals surface area contributed by atoms with Gasteiger partial charge in [-0.2, -0.15) is 0 Å². The second-order valence-electron chi connectivity index (χ2n) is 7.20. The summed E-state index contributed by atoms with van der Waals surface area (Å²) in [5.74, 6) is -1.27. The van der Waals surface area contributed by atoms with Crippen LogP contribution in [-0.4, -0.2) is 35.0 Å². The Morgan fingerprint density at radius 3 is 2.41 bits per heavy atom. The first-order valence-corrected chi connectivity index (χ1v) is 10.0. The highest BCUT2D eigenvalue weighted by Crippen LogP contribution is 2.26. The van der Waals surface area contributed by atoms with Crippen molar-refractivity contribution in [1.82, 2.24) is 15.6 Å². The molecule has 0 aliphatic heterocycles. The fourth-order valence-corrected chi connectivity index (χ4v) is 3.14. The van der Waals surface area contributed by atoms with Crippen LogP contribution in [0.1, 0.15) is 62.7 Å². The van der Waals surface area contributed by atoms with Crippen molar-refractivity contribution in [2.45, 2.75) is 66.0 Å². The van der Waals surface area contributed by atoms with Crippen LogP contribution in [0.25, 0.3) is 10.9 Å². The molecule has 156 valence electrons. The number of imide groups is 1. The molecule has 2 aromatic rings. The van der Waals surface area contributed by atoms with E-state index in [-0.39, 0.29) is 6.04 Å². The highest BCUT2D eigenvalue weighted by Gasteiger charge is 2.25. The number of pyridine rings is 1. The van der Waals surface area contributed by atoms with E-state index in [4.69, 9.17) is 9.72 Å². The summed E-state index contributed by atoms with van der Waals surface area (Å²) in [6.07, 6.45) is 1.15. The number of carbonyl (C=O) groups is 3. The second kappa shape index (κ2) is 10.0. The lowest BCUT2D eigenvalue weighted by atomic mass is 9.96. The molecule has 7 nitrogen and oxygen atoms in total. The summed E-state index contributed by atoms with van der Waals surface area (Å²) < 4.78 is 5.43. The molecule has 29 heavy (non-hydrogen) atoms. The number of benzene rings is 1. The van der Waals surface area contributed by atoms with Gasteiger partial charge < -0.3 is 10.1 Å². The van der Waals surface area contributed by atoms with Crippen molar-refractivity contribution in [3.05, 3.63) is 41.1 Å². The summed E-state index contributed by atoms with van der Waals surface area (Å²) in [5.41, 5.74) is 2.86. The molecule has 0 aliphatic rings. The molecule has 1 unspecified atom stereocenters. The number of fused-ring (bicyclic) bond motifs is 1. The number of hydrogen-bond acceptors (Lipinski definition) is 5. The number of carbonyl (C=O) groups excluding carboxylic acids is 3. The van der Waals surface area contributed by atoms with E-state index in [0.29, 0.717) is 22.9 Å². The van der Waals surface area contributed by atoms with Crippen molar-refractivity contribution >= 4 is 28.8 Å². The number of nitrogens with one attached hydrogen (secondary N) is 2. The minimum absolute atomic E-state index is 0.118. The molecule has 0 saturated heterocycles. The highest BCUT2D eigenvalue weighted by molar-refractivity contribution is 6.06. The summed E-state index contributed by atoms with van der Waals surface area (Å²) in [6.45, 7) is 9.03. The number of aryl methyl sites for hydroxylation is 1. The Morgan fingerprint density at radius 2 is 1.79 bits per heavy atom. The Kier molecular flexibility index (Phi) is 7.70. The fourth-order valence-electron chi connectivity index (χ4n) is 3.14. The lowest BCUT2D eigenvalue weighted by Gasteiger charge is -2.18. The maximum absolute atomic E-state index is 13.0. The predicted molar refractivity (Wildman–Crippen MR) is 112 cm³/mol. The monoisotopic (exact) mass is 399 g/mol. The van der Waals surface area contributed by atoms with Gasteiger partial charge in [-0.3, -0.25) is 15.1 Å². The number of ether oxygens (including phenoxy) is 1. The van der Waals surface area contributed by atoms with Crippen LogP contribution in [0.5, 0.6) is 0 Å². The average molecular weight is 399 g/mol. The number of nitrogens with zero attached hydrogens (tertiary/aromatic N) is 1. The zero-order valence-electron chi connectivity index (χ0n) is 17.7. The van der Waals surface area contributed by atoms with Crippen LogP contribution in [0.2, 0.25) is 0 Å². The van der Waals surface area contributed by atoms with Gasteiger partial charge in [0.2, 0.25) is 0 Å². The molecule has 1 aromatic heterocycles. The van der Waals surface area contributed by atoms with Crippen molar-refractivity contribution in [3.63, 3.8) is 0 Å². The zero-order chi connectivity index (χ0) is 21.6. The maximum Gasteiger partial charge on any atom is 0.339 e. The molecule has 1 heterocycles. The predicted octanol–water partition coefficient (Wildman–Crippen LogP) is 3.53. The lowest BCUT2D eigenvalue weighted by molar-refractivity contribution is -0.127. The average Bonchev–Trinajstić information content (AvgIpc) is 2.66. The number of rotatable bonds is 7. The van der Waals surface area contributed by atoms with Crippen LogP contribution in [0.15, 0.2) is 24.3 Å². The first kappa shape index (κ1) is 22.3. The molecule has 1 atom stereocenters. The third-order valence-corrected chi connectivity index (χ3v) is 4.43. The third-order valence-electron chi connectivity index (χ3n) is 4.43. The molecular formula is C22H29N3O4. The zero-order valence-corrected chi connectivity index (χ0v) is 17.7. The molecule has 7 heteroatoms. The summed E-state index contributed by atoms with van der Waals surface area (Å²) >= 11 is 0. The Balaban J connectivity index is 2.32. The van der Waals surface area contributed by atoms with Crippen LogP contribution < -0.4 is 10.6 Å². The Labute approximate surface area is 171 Å². The molecule has 1 aromatic carbocycles. The molecular weight excluding hydrogens is 370 g/mol. The molecule has 2 rings (SSSR count). The van der Waals surface area contributed by atoms with Gasteiger partial charge >= 0.3 is 12.0 Å². The Hall–Kier alpha value is -2.96. The third kappa shape index (κ3) is 5.53. The SMILES string of the molecule is CCCc1nc2ccccc2c(C(=O)OC(C)C(=O)NC(=O)NC(C)C)c1CC. The van der Waals surface area contributed by atoms with E-state index >= 15 is 0 Å². The topological polar surface area (TPSA) is 97.4 Å². The van der Waals surface area contributed by atoms with Crippen LogP contribution in [-0.2, 0) is 22.4 Å². The van der Waals surface area contributed by atoms with E-state index in [1.165, 1.54) is 6.92 Å². The van der Waals surface area contributed by atoms with Gasteiger partial charge in [0, 0.05) is 17.1 Å². The molecule has 0 fully saturated rings. The van der Waals surface area contributed by atoms with Gasteiger partial charge in [0.1, 0.15) is 0 Å². The molecule has 0 aliphatic carbocycles. The minimum Gasteiger partial charge on any atom is -0.449 e. The summed E-state index contributed by atoms with van der Waals surface area (Å²) in [6, 6.07) is 6.65. The highest BCUT2D eigenvalue weighted by atomic mass is 16.5. The molecule has 3 amide bonds. The summed E-state index contributed by atoms with van der Waals surface area (Å²) in [5, 5.41) is 5.44. The van der Waals surface area contributed by atoms with Gasteiger partial charge in [-0.25, -0.2) is 9.59 Å². The second-order valence-corrected chi connectivity index (χ2v) is 7.20. The number of hydrogen-bond donors (Lipinski definition) is 2. The van der Waals surface area contributed by atoms with E-state index in [0.717, 1.165) is 24.1 Å². The minimum atomic E-state index is -1.12. The van der Waals surface area contributed by atoms with E-state index in [9.17, 15) is 14.4 Å². The number of esters is 1. The lowest BCUT2D eigenvalue weighted by Crippen LogP contribution is -2.46. The smallest absolute Gasteiger partial charge is 0.339 e. The maximum atomic E-state index is 13.0. The van der Waals surface area contributed by atoms with Crippen molar-refractivity contribution in [1.29, 1.82) is 0 Å². The van der Waals surface area contributed by atoms with Crippen molar-refractivity contribution in [3.8, 4) is 0 Å². The number of aromatic nitrogens is 1. The number of urea groups is 1. The van der Waals surface area contributed by atoms with E-state index in [2.05, 4.69) is 17.6 Å².